The van der Waals surface area contributed by atoms with Crippen molar-refractivity contribution < 1.29 is 8.42 Å². The summed E-state index contributed by atoms with van der Waals surface area (Å²) in [5.74, 6) is 0.402. The molecular weight excluding hydrogens is 248 g/mol. The zero-order valence-electron chi connectivity index (χ0n) is 11.2. The Hall–Kier alpha value is -0.910. The molecule has 0 aromatic heterocycles. The lowest BCUT2D eigenvalue weighted by Gasteiger charge is -2.18. The maximum atomic E-state index is 12.1. The summed E-state index contributed by atoms with van der Waals surface area (Å²) in [7, 11) is -3.46. The van der Waals surface area contributed by atoms with Crippen LogP contribution in [0, 0.1) is 12.8 Å². The molecule has 1 unspecified atom stereocenters. The highest BCUT2D eigenvalue weighted by Crippen LogP contribution is 2.12. The molecule has 0 saturated heterocycles. The first-order valence-corrected chi connectivity index (χ1v) is 7.62. The van der Waals surface area contributed by atoms with Crippen LogP contribution in [0.1, 0.15) is 25.8 Å². The van der Waals surface area contributed by atoms with Gasteiger partial charge in [0.15, 0.2) is 0 Å². The van der Waals surface area contributed by atoms with Crippen LogP contribution in [0.4, 0.5) is 0 Å². The first kappa shape index (κ1) is 15.1. The average molecular weight is 270 g/mol. The molecule has 0 aliphatic heterocycles. The Morgan fingerprint density at radius 3 is 2.22 bits per heavy atom. The molecule has 4 nitrogen and oxygen atoms in total. The van der Waals surface area contributed by atoms with Crippen molar-refractivity contribution in [3.8, 4) is 0 Å². The Morgan fingerprint density at radius 1 is 1.22 bits per heavy atom. The van der Waals surface area contributed by atoms with Gasteiger partial charge in [0.25, 0.3) is 0 Å². The number of aryl methyl sites for hydroxylation is 1. The number of nitrogens with two attached hydrogens (primary N) is 1. The van der Waals surface area contributed by atoms with E-state index in [0.717, 1.165) is 12.0 Å². The van der Waals surface area contributed by atoms with Gasteiger partial charge in [-0.05, 0) is 31.4 Å². The topological polar surface area (TPSA) is 72.2 Å². The van der Waals surface area contributed by atoms with Crippen molar-refractivity contribution in [2.45, 2.75) is 38.1 Å². The van der Waals surface area contributed by atoms with E-state index in [9.17, 15) is 8.42 Å². The minimum Gasteiger partial charge on any atom is -0.329 e. The van der Waals surface area contributed by atoms with E-state index < -0.39 is 10.0 Å². The minimum atomic E-state index is -3.46. The fourth-order valence-electron chi connectivity index (χ4n) is 1.77. The minimum absolute atomic E-state index is 0.212. The molecular formula is C13H22N2O2S. The molecule has 0 bridgehead atoms. The van der Waals surface area contributed by atoms with Gasteiger partial charge in [0.1, 0.15) is 0 Å². The predicted molar refractivity (Wildman–Crippen MR) is 73.8 cm³/mol. The van der Waals surface area contributed by atoms with Gasteiger partial charge in [-0.1, -0.05) is 31.5 Å². The monoisotopic (exact) mass is 270 g/mol. The second kappa shape index (κ2) is 6.31. The quantitative estimate of drug-likeness (QED) is 0.825. The van der Waals surface area contributed by atoms with E-state index in [0.29, 0.717) is 12.5 Å². The highest BCUT2D eigenvalue weighted by Gasteiger charge is 2.19. The van der Waals surface area contributed by atoms with Crippen LogP contribution in [0.2, 0.25) is 0 Å². The maximum Gasteiger partial charge on any atom is 0.240 e. The van der Waals surface area contributed by atoms with E-state index in [4.69, 9.17) is 5.73 Å². The number of hydrogen-bond donors (Lipinski definition) is 2. The normalized spacial score (nSPS) is 13.8. The van der Waals surface area contributed by atoms with E-state index in [1.165, 1.54) is 0 Å². The number of hydrogen-bond acceptors (Lipinski definition) is 3. The third kappa shape index (κ3) is 4.40. The van der Waals surface area contributed by atoms with Crippen LogP contribution in [0.15, 0.2) is 29.2 Å². The van der Waals surface area contributed by atoms with Crippen LogP contribution in [-0.2, 0) is 10.0 Å². The SMILES string of the molecule is Cc1ccc(S(=O)(=O)NC(CN)CC(C)C)cc1. The molecule has 0 fully saturated rings. The molecule has 1 aromatic rings. The molecule has 5 heteroatoms. The second-order valence-electron chi connectivity index (χ2n) is 5.00. The summed E-state index contributed by atoms with van der Waals surface area (Å²) in [4.78, 5) is 0.287. The van der Waals surface area contributed by atoms with Gasteiger partial charge in [-0.3, -0.25) is 0 Å². The summed E-state index contributed by atoms with van der Waals surface area (Å²) in [5, 5.41) is 0. The van der Waals surface area contributed by atoms with Crippen molar-refractivity contribution in [3.63, 3.8) is 0 Å². The summed E-state index contributed by atoms with van der Waals surface area (Å²) in [5.41, 5.74) is 6.64. The Labute approximate surface area is 110 Å². The lowest BCUT2D eigenvalue weighted by molar-refractivity contribution is 0.465. The Morgan fingerprint density at radius 2 is 1.78 bits per heavy atom. The third-order valence-corrected chi connectivity index (χ3v) is 4.23. The summed E-state index contributed by atoms with van der Waals surface area (Å²) in [6.45, 7) is 6.32. The third-order valence-electron chi connectivity index (χ3n) is 2.69. The molecule has 3 N–H and O–H groups in total. The van der Waals surface area contributed by atoms with Crippen molar-refractivity contribution in [3.05, 3.63) is 29.8 Å². The first-order chi connectivity index (χ1) is 8.35. The maximum absolute atomic E-state index is 12.1. The zero-order chi connectivity index (χ0) is 13.8. The predicted octanol–water partition coefficient (Wildman–Crippen LogP) is 1.65. The van der Waals surface area contributed by atoms with Crippen molar-refractivity contribution in [1.82, 2.24) is 4.72 Å². The molecule has 1 rings (SSSR count). The van der Waals surface area contributed by atoms with E-state index in [2.05, 4.69) is 4.72 Å². The fourth-order valence-corrected chi connectivity index (χ4v) is 3.03. The molecule has 1 aromatic carbocycles. The molecule has 18 heavy (non-hydrogen) atoms. The van der Waals surface area contributed by atoms with E-state index in [1.54, 1.807) is 24.3 Å². The lowest BCUT2D eigenvalue weighted by atomic mass is 10.1. The number of sulfonamides is 1. The van der Waals surface area contributed by atoms with Crippen LogP contribution in [0.3, 0.4) is 0 Å². The van der Waals surface area contributed by atoms with Gasteiger partial charge in [-0.2, -0.15) is 0 Å². The van der Waals surface area contributed by atoms with E-state index >= 15 is 0 Å². The molecule has 1 atom stereocenters. The smallest absolute Gasteiger partial charge is 0.240 e. The molecule has 0 heterocycles. The Bertz CT molecular complexity index is 466. The molecule has 0 aliphatic rings. The highest BCUT2D eigenvalue weighted by atomic mass is 32.2. The summed E-state index contributed by atoms with van der Waals surface area (Å²) >= 11 is 0. The van der Waals surface area contributed by atoms with Gasteiger partial charge in [0, 0.05) is 12.6 Å². The Balaban J connectivity index is 2.83. The molecule has 0 amide bonds. The average Bonchev–Trinajstić information content (AvgIpc) is 2.27. The van der Waals surface area contributed by atoms with Crippen LogP contribution in [0.5, 0.6) is 0 Å². The number of rotatable bonds is 6. The summed E-state index contributed by atoms with van der Waals surface area (Å²) < 4.78 is 26.9. The van der Waals surface area contributed by atoms with Crippen LogP contribution >= 0.6 is 0 Å². The summed E-state index contributed by atoms with van der Waals surface area (Å²) in [6.07, 6.45) is 0.738. The second-order valence-corrected chi connectivity index (χ2v) is 6.71. The lowest BCUT2D eigenvalue weighted by Crippen LogP contribution is -2.40. The van der Waals surface area contributed by atoms with Gasteiger partial charge in [-0.25, -0.2) is 13.1 Å². The van der Waals surface area contributed by atoms with Gasteiger partial charge in [0.2, 0.25) is 10.0 Å². The van der Waals surface area contributed by atoms with Crippen molar-refractivity contribution in [2.75, 3.05) is 6.54 Å². The Kier molecular flexibility index (Phi) is 5.31. The summed E-state index contributed by atoms with van der Waals surface area (Å²) in [6, 6.07) is 6.58. The standard InChI is InChI=1S/C13H22N2O2S/c1-10(2)8-12(9-14)15-18(16,17)13-6-4-11(3)5-7-13/h4-7,10,12,15H,8-9,14H2,1-3H3. The van der Waals surface area contributed by atoms with Gasteiger partial charge < -0.3 is 5.73 Å². The molecule has 0 spiro atoms. The van der Waals surface area contributed by atoms with Crippen molar-refractivity contribution >= 4 is 10.0 Å². The zero-order valence-corrected chi connectivity index (χ0v) is 12.0. The number of benzene rings is 1. The van der Waals surface area contributed by atoms with Crippen LogP contribution < -0.4 is 10.5 Å². The largest absolute Gasteiger partial charge is 0.329 e. The molecule has 102 valence electrons. The fraction of sp³-hybridized carbons (Fsp3) is 0.538. The van der Waals surface area contributed by atoms with Crippen molar-refractivity contribution in [2.24, 2.45) is 11.7 Å². The molecule has 0 radical (unpaired) electrons. The van der Waals surface area contributed by atoms with E-state index in [1.807, 2.05) is 20.8 Å². The molecule has 0 saturated carbocycles. The number of nitrogens with one attached hydrogen (secondary N) is 1. The highest BCUT2D eigenvalue weighted by molar-refractivity contribution is 7.89. The van der Waals surface area contributed by atoms with E-state index in [-0.39, 0.29) is 10.9 Å². The van der Waals surface area contributed by atoms with Crippen LogP contribution in [0.25, 0.3) is 0 Å². The van der Waals surface area contributed by atoms with Crippen LogP contribution in [-0.4, -0.2) is 21.0 Å². The van der Waals surface area contributed by atoms with Gasteiger partial charge in [-0.15, -0.1) is 0 Å². The first-order valence-electron chi connectivity index (χ1n) is 6.14. The van der Waals surface area contributed by atoms with Crippen molar-refractivity contribution in [1.29, 1.82) is 0 Å². The van der Waals surface area contributed by atoms with Gasteiger partial charge >= 0.3 is 0 Å². The molecule has 0 aliphatic carbocycles. The van der Waals surface area contributed by atoms with Gasteiger partial charge in [0.05, 0.1) is 4.90 Å².